The molecular formula is C18H28N2O. The summed E-state index contributed by atoms with van der Waals surface area (Å²) in [7, 11) is 0. The Balaban J connectivity index is 1.77. The lowest BCUT2D eigenvalue weighted by Gasteiger charge is -2.59. The van der Waals surface area contributed by atoms with Gasteiger partial charge in [-0.25, -0.2) is 0 Å². The van der Waals surface area contributed by atoms with Crippen LogP contribution in [0.3, 0.4) is 0 Å². The van der Waals surface area contributed by atoms with Crippen LogP contribution in [0.5, 0.6) is 0 Å². The van der Waals surface area contributed by atoms with E-state index in [-0.39, 0.29) is 11.0 Å². The largest absolute Gasteiger partial charge is 0.381 e. The van der Waals surface area contributed by atoms with Crippen molar-refractivity contribution in [2.24, 2.45) is 5.41 Å². The molecule has 0 unspecified atom stereocenters. The van der Waals surface area contributed by atoms with Crippen molar-refractivity contribution in [2.45, 2.75) is 57.4 Å². The van der Waals surface area contributed by atoms with Crippen molar-refractivity contribution in [1.82, 2.24) is 10.3 Å². The Morgan fingerprint density at radius 2 is 1.76 bits per heavy atom. The number of pyridine rings is 1. The first-order valence-electron chi connectivity index (χ1n) is 8.17. The Kier molecular flexibility index (Phi) is 3.83. The van der Waals surface area contributed by atoms with Gasteiger partial charge < -0.3 is 10.1 Å². The van der Waals surface area contributed by atoms with E-state index in [1.807, 2.05) is 12.4 Å². The van der Waals surface area contributed by atoms with E-state index in [0.717, 1.165) is 19.8 Å². The van der Waals surface area contributed by atoms with Gasteiger partial charge in [0.1, 0.15) is 0 Å². The number of aromatic nitrogens is 1. The molecule has 1 saturated heterocycles. The summed E-state index contributed by atoms with van der Waals surface area (Å²) in [5.74, 6) is 0. The standard InChI is InChI=1S/C18H28N2O/c1-16(2,3)20-14-18(15-4-8-19-9-5-15)12-17(13-18)6-10-21-11-7-17/h4-5,8-9,20H,6-7,10-14H2,1-3H3. The van der Waals surface area contributed by atoms with E-state index in [1.165, 1.54) is 31.2 Å². The van der Waals surface area contributed by atoms with Crippen molar-refractivity contribution in [3.05, 3.63) is 30.1 Å². The second-order valence-corrected chi connectivity index (χ2v) is 8.09. The van der Waals surface area contributed by atoms with Crippen LogP contribution in [-0.4, -0.2) is 30.3 Å². The average molecular weight is 288 g/mol. The van der Waals surface area contributed by atoms with Gasteiger partial charge in [-0.05, 0) is 69.6 Å². The molecule has 0 aromatic carbocycles. The predicted octanol–water partition coefficient (Wildman–Crippen LogP) is 3.30. The molecule has 2 heterocycles. The van der Waals surface area contributed by atoms with Crippen LogP contribution in [0, 0.1) is 5.41 Å². The number of ether oxygens (including phenoxy) is 1. The van der Waals surface area contributed by atoms with Gasteiger partial charge in [-0.3, -0.25) is 4.98 Å². The van der Waals surface area contributed by atoms with Crippen LogP contribution in [0.2, 0.25) is 0 Å². The molecule has 1 saturated carbocycles. The molecule has 2 fully saturated rings. The number of hydrogen-bond acceptors (Lipinski definition) is 3. The zero-order valence-electron chi connectivity index (χ0n) is 13.6. The van der Waals surface area contributed by atoms with Crippen molar-refractivity contribution in [3.8, 4) is 0 Å². The zero-order chi connectivity index (χ0) is 15.0. The molecule has 1 aliphatic carbocycles. The molecule has 1 N–H and O–H groups in total. The Morgan fingerprint density at radius 3 is 2.33 bits per heavy atom. The predicted molar refractivity (Wildman–Crippen MR) is 85.4 cm³/mol. The highest BCUT2D eigenvalue weighted by atomic mass is 16.5. The van der Waals surface area contributed by atoms with Gasteiger partial charge >= 0.3 is 0 Å². The van der Waals surface area contributed by atoms with Gasteiger partial charge in [-0.1, -0.05) is 0 Å². The van der Waals surface area contributed by atoms with E-state index in [1.54, 1.807) is 0 Å². The summed E-state index contributed by atoms with van der Waals surface area (Å²) in [4.78, 5) is 4.19. The zero-order valence-corrected chi connectivity index (χ0v) is 13.6. The SMILES string of the molecule is CC(C)(C)NCC1(c2ccncc2)CC2(CCOCC2)C1. The van der Waals surface area contributed by atoms with E-state index in [4.69, 9.17) is 4.74 Å². The maximum atomic E-state index is 5.56. The summed E-state index contributed by atoms with van der Waals surface area (Å²) in [6, 6.07) is 4.41. The highest BCUT2D eigenvalue weighted by Gasteiger charge is 2.55. The van der Waals surface area contributed by atoms with E-state index in [0.29, 0.717) is 5.41 Å². The summed E-state index contributed by atoms with van der Waals surface area (Å²) < 4.78 is 5.56. The molecule has 3 rings (SSSR count). The third kappa shape index (κ3) is 3.14. The molecule has 3 nitrogen and oxygen atoms in total. The molecule has 3 heteroatoms. The van der Waals surface area contributed by atoms with Crippen LogP contribution in [0.15, 0.2) is 24.5 Å². The molecule has 1 aromatic rings. The van der Waals surface area contributed by atoms with Gasteiger partial charge in [0, 0.05) is 43.1 Å². The first-order valence-corrected chi connectivity index (χ1v) is 8.17. The lowest BCUT2D eigenvalue weighted by atomic mass is 9.48. The third-order valence-electron chi connectivity index (χ3n) is 5.23. The van der Waals surface area contributed by atoms with Crippen molar-refractivity contribution in [1.29, 1.82) is 0 Å². The Bertz CT molecular complexity index is 464. The van der Waals surface area contributed by atoms with Crippen molar-refractivity contribution in [3.63, 3.8) is 0 Å². The maximum absolute atomic E-state index is 5.56. The van der Waals surface area contributed by atoms with Crippen LogP contribution < -0.4 is 5.32 Å². The third-order valence-corrected chi connectivity index (χ3v) is 5.23. The van der Waals surface area contributed by atoms with E-state index in [2.05, 4.69) is 43.2 Å². The van der Waals surface area contributed by atoms with Gasteiger partial charge in [0.25, 0.3) is 0 Å². The summed E-state index contributed by atoms with van der Waals surface area (Å²) in [6.07, 6.45) is 8.91. The van der Waals surface area contributed by atoms with E-state index in [9.17, 15) is 0 Å². The Labute approximate surface area is 128 Å². The van der Waals surface area contributed by atoms with Gasteiger partial charge in [0.2, 0.25) is 0 Å². The molecular weight excluding hydrogens is 260 g/mol. The maximum Gasteiger partial charge on any atom is 0.0471 e. The summed E-state index contributed by atoms with van der Waals surface area (Å²) in [6.45, 7) is 9.68. The van der Waals surface area contributed by atoms with Crippen molar-refractivity contribution < 1.29 is 4.74 Å². The quantitative estimate of drug-likeness (QED) is 0.926. The first kappa shape index (κ1) is 15.0. The van der Waals surface area contributed by atoms with Crippen LogP contribution in [0.4, 0.5) is 0 Å². The number of rotatable bonds is 3. The van der Waals surface area contributed by atoms with Gasteiger partial charge in [0.05, 0.1) is 0 Å². The molecule has 1 aliphatic heterocycles. The number of hydrogen-bond donors (Lipinski definition) is 1. The second-order valence-electron chi connectivity index (χ2n) is 8.09. The topological polar surface area (TPSA) is 34.2 Å². The molecule has 116 valence electrons. The minimum absolute atomic E-state index is 0.165. The monoisotopic (exact) mass is 288 g/mol. The van der Waals surface area contributed by atoms with Crippen LogP contribution in [-0.2, 0) is 10.2 Å². The van der Waals surface area contributed by atoms with Crippen LogP contribution >= 0.6 is 0 Å². The highest BCUT2D eigenvalue weighted by molar-refractivity contribution is 5.30. The minimum atomic E-state index is 0.165. The lowest BCUT2D eigenvalue weighted by Crippen LogP contribution is -2.58. The molecule has 2 aliphatic rings. The van der Waals surface area contributed by atoms with Crippen molar-refractivity contribution >= 4 is 0 Å². The van der Waals surface area contributed by atoms with Gasteiger partial charge in [-0.2, -0.15) is 0 Å². The van der Waals surface area contributed by atoms with Crippen molar-refractivity contribution in [2.75, 3.05) is 19.8 Å². The first-order chi connectivity index (χ1) is 9.93. The molecule has 21 heavy (non-hydrogen) atoms. The summed E-state index contributed by atoms with van der Waals surface area (Å²) >= 11 is 0. The molecule has 1 spiro atoms. The lowest BCUT2D eigenvalue weighted by molar-refractivity contribution is -0.0749. The van der Waals surface area contributed by atoms with Gasteiger partial charge in [0.15, 0.2) is 0 Å². The van der Waals surface area contributed by atoms with Crippen LogP contribution in [0.1, 0.15) is 52.0 Å². The number of nitrogens with one attached hydrogen (secondary N) is 1. The normalized spacial score (nSPS) is 23.8. The van der Waals surface area contributed by atoms with Crippen LogP contribution in [0.25, 0.3) is 0 Å². The highest BCUT2D eigenvalue weighted by Crippen LogP contribution is 2.60. The minimum Gasteiger partial charge on any atom is -0.381 e. The fraction of sp³-hybridized carbons (Fsp3) is 0.722. The van der Waals surface area contributed by atoms with E-state index >= 15 is 0 Å². The van der Waals surface area contributed by atoms with E-state index < -0.39 is 0 Å². The Hall–Kier alpha value is -0.930. The molecule has 1 aromatic heterocycles. The fourth-order valence-electron chi connectivity index (χ4n) is 4.11. The average Bonchev–Trinajstić information content (AvgIpc) is 2.44. The molecule has 0 bridgehead atoms. The number of nitrogens with zero attached hydrogens (tertiary/aromatic N) is 1. The second kappa shape index (κ2) is 5.36. The molecule has 0 atom stereocenters. The fourth-order valence-corrected chi connectivity index (χ4v) is 4.11. The smallest absolute Gasteiger partial charge is 0.0471 e. The summed E-state index contributed by atoms with van der Waals surface area (Å²) in [5.41, 5.74) is 2.43. The molecule has 0 radical (unpaired) electrons. The van der Waals surface area contributed by atoms with Gasteiger partial charge in [-0.15, -0.1) is 0 Å². The molecule has 0 amide bonds. The Morgan fingerprint density at radius 1 is 1.14 bits per heavy atom. The summed E-state index contributed by atoms with van der Waals surface area (Å²) in [5, 5.41) is 3.73.